The second kappa shape index (κ2) is 9.43. The van der Waals surface area contributed by atoms with Crippen molar-refractivity contribution in [2.75, 3.05) is 26.2 Å². The van der Waals surface area contributed by atoms with Crippen LogP contribution in [-0.4, -0.2) is 57.0 Å². The van der Waals surface area contributed by atoms with Gasteiger partial charge in [0, 0.05) is 47.7 Å². The van der Waals surface area contributed by atoms with Crippen molar-refractivity contribution in [3.63, 3.8) is 0 Å². The predicted molar refractivity (Wildman–Crippen MR) is 128 cm³/mol. The molecule has 0 radical (unpaired) electrons. The Hall–Kier alpha value is -3.07. The summed E-state index contributed by atoms with van der Waals surface area (Å²) in [5, 5.41) is 7.40. The maximum absolute atomic E-state index is 13.0. The molecule has 1 amide bonds. The first-order chi connectivity index (χ1) is 16.1. The van der Waals surface area contributed by atoms with E-state index in [1.807, 2.05) is 65.7 Å². The van der Waals surface area contributed by atoms with Gasteiger partial charge in [0.15, 0.2) is 0 Å². The van der Waals surface area contributed by atoms with Crippen LogP contribution in [0.2, 0.25) is 5.02 Å². The molecule has 0 unspecified atom stereocenters. The van der Waals surface area contributed by atoms with Gasteiger partial charge in [-0.15, -0.1) is 11.3 Å². The van der Waals surface area contributed by atoms with Crippen molar-refractivity contribution in [1.29, 1.82) is 0 Å². The highest BCUT2D eigenvalue weighted by atomic mass is 35.5. The van der Waals surface area contributed by atoms with Crippen LogP contribution < -0.4 is 0 Å². The molecular formula is C24H22ClN5O2S. The second-order valence-electron chi connectivity index (χ2n) is 7.94. The fraction of sp³-hybridized carbons (Fsp3) is 0.250. The van der Waals surface area contributed by atoms with Gasteiger partial charge in [0.1, 0.15) is 10.7 Å². The molecule has 0 spiro atoms. The number of nitrogens with zero attached hydrogens (tertiary/aromatic N) is 5. The lowest BCUT2D eigenvalue weighted by Crippen LogP contribution is -2.48. The van der Waals surface area contributed by atoms with Gasteiger partial charge in [0.05, 0.1) is 6.54 Å². The summed E-state index contributed by atoms with van der Waals surface area (Å²) >= 11 is 7.53. The van der Waals surface area contributed by atoms with E-state index < -0.39 is 0 Å². The Kier molecular flexibility index (Phi) is 6.22. The lowest BCUT2D eigenvalue weighted by Gasteiger charge is -2.33. The topological polar surface area (TPSA) is 75.4 Å². The molecule has 7 nitrogen and oxygen atoms in total. The number of carbonyl (C=O) groups excluding carboxylic acids is 1. The Morgan fingerprint density at radius 1 is 1.09 bits per heavy atom. The number of amides is 1. The average Bonchev–Trinajstić information content (AvgIpc) is 3.50. The number of rotatable bonds is 5. The molecule has 168 valence electrons. The zero-order valence-corrected chi connectivity index (χ0v) is 19.6. The molecule has 1 aliphatic heterocycles. The average molecular weight is 480 g/mol. The highest BCUT2D eigenvalue weighted by molar-refractivity contribution is 7.13. The van der Waals surface area contributed by atoms with Crippen molar-refractivity contribution in [3.8, 4) is 22.0 Å². The molecule has 2 aromatic carbocycles. The number of aromatic nitrogens is 3. The summed E-state index contributed by atoms with van der Waals surface area (Å²) in [6.07, 6.45) is 0. The first kappa shape index (κ1) is 21.8. The maximum Gasteiger partial charge on any atom is 0.273 e. The maximum atomic E-state index is 13.0. The molecule has 3 heterocycles. The van der Waals surface area contributed by atoms with Crippen molar-refractivity contribution >= 4 is 28.8 Å². The van der Waals surface area contributed by atoms with E-state index in [0.717, 1.165) is 34.8 Å². The molecule has 1 saturated heterocycles. The minimum atomic E-state index is -0.0428. The number of carbonyl (C=O) groups is 1. The quantitative estimate of drug-likeness (QED) is 0.410. The summed E-state index contributed by atoms with van der Waals surface area (Å²) < 4.78 is 5.47. The lowest BCUT2D eigenvalue weighted by molar-refractivity contribution is 0.0610. The van der Waals surface area contributed by atoms with E-state index in [0.29, 0.717) is 42.1 Å². The third-order valence-electron chi connectivity index (χ3n) is 5.67. The molecule has 4 aromatic rings. The van der Waals surface area contributed by atoms with Crippen molar-refractivity contribution < 1.29 is 9.32 Å². The standard InChI is InChI=1S/C24H22ClN5O2S/c1-16-5-2-3-8-19(16)22-27-21(32-28-22)14-29-9-11-30(12-10-29)24(31)20-15-33-23(26-20)17-6-4-7-18(25)13-17/h2-8,13,15H,9-12,14H2,1H3. The number of piperazine rings is 1. The zero-order valence-electron chi connectivity index (χ0n) is 18.1. The van der Waals surface area contributed by atoms with Crippen LogP contribution in [0.3, 0.4) is 0 Å². The van der Waals surface area contributed by atoms with Crippen LogP contribution >= 0.6 is 22.9 Å². The molecule has 0 atom stereocenters. The Labute approximate surface area is 200 Å². The molecule has 33 heavy (non-hydrogen) atoms. The molecule has 0 aliphatic carbocycles. The van der Waals surface area contributed by atoms with Crippen molar-refractivity contribution in [2.45, 2.75) is 13.5 Å². The highest BCUT2D eigenvalue weighted by Gasteiger charge is 2.25. The third kappa shape index (κ3) is 4.83. The minimum Gasteiger partial charge on any atom is -0.338 e. The second-order valence-corrected chi connectivity index (χ2v) is 9.24. The van der Waals surface area contributed by atoms with E-state index in [2.05, 4.69) is 20.0 Å². The predicted octanol–water partition coefficient (Wildman–Crippen LogP) is 4.78. The van der Waals surface area contributed by atoms with Crippen LogP contribution in [0.5, 0.6) is 0 Å². The van der Waals surface area contributed by atoms with Crippen LogP contribution in [0.1, 0.15) is 21.9 Å². The summed E-state index contributed by atoms with van der Waals surface area (Å²) in [4.78, 5) is 26.1. The van der Waals surface area contributed by atoms with E-state index in [1.165, 1.54) is 11.3 Å². The molecule has 2 aromatic heterocycles. The van der Waals surface area contributed by atoms with Crippen LogP contribution in [-0.2, 0) is 6.54 Å². The summed E-state index contributed by atoms with van der Waals surface area (Å²) in [5.41, 5.74) is 3.48. The summed E-state index contributed by atoms with van der Waals surface area (Å²) in [6.45, 7) is 5.32. The fourth-order valence-corrected chi connectivity index (χ4v) is 4.82. The monoisotopic (exact) mass is 479 g/mol. The SMILES string of the molecule is Cc1ccccc1-c1noc(CN2CCN(C(=O)c3csc(-c4cccc(Cl)c4)n3)CC2)n1. The van der Waals surface area contributed by atoms with Gasteiger partial charge in [0.2, 0.25) is 11.7 Å². The number of benzene rings is 2. The third-order valence-corrected chi connectivity index (χ3v) is 6.79. The van der Waals surface area contributed by atoms with Crippen LogP contribution in [0, 0.1) is 6.92 Å². The van der Waals surface area contributed by atoms with Gasteiger partial charge in [-0.2, -0.15) is 4.98 Å². The fourth-order valence-electron chi connectivity index (χ4n) is 3.84. The number of aryl methyl sites for hydroxylation is 1. The molecule has 5 rings (SSSR count). The molecule has 0 bridgehead atoms. The summed E-state index contributed by atoms with van der Waals surface area (Å²) in [6, 6.07) is 15.5. The zero-order chi connectivity index (χ0) is 22.8. The van der Waals surface area contributed by atoms with Crippen LogP contribution in [0.15, 0.2) is 58.4 Å². The Bertz CT molecular complexity index is 1280. The summed E-state index contributed by atoms with van der Waals surface area (Å²) in [5.74, 6) is 1.15. The first-order valence-corrected chi connectivity index (χ1v) is 11.9. The molecule has 9 heteroatoms. The molecular weight excluding hydrogens is 458 g/mol. The van der Waals surface area contributed by atoms with Gasteiger partial charge in [0.25, 0.3) is 5.91 Å². The van der Waals surface area contributed by atoms with Crippen LogP contribution in [0.4, 0.5) is 0 Å². The van der Waals surface area contributed by atoms with E-state index in [4.69, 9.17) is 16.1 Å². The smallest absolute Gasteiger partial charge is 0.273 e. The number of hydrogen-bond donors (Lipinski definition) is 0. The van der Waals surface area contributed by atoms with Gasteiger partial charge in [-0.05, 0) is 24.6 Å². The van der Waals surface area contributed by atoms with Gasteiger partial charge in [-0.25, -0.2) is 4.98 Å². The summed E-state index contributed by atoms with van der Waals surface area (Å²) in [7, 11) is 0. The molecule has 1 fully saturated rings. The van der Waals surface area contributed by atoms with Crippen molar-refractivity contribution in [2.24, 2.45) is 0 Å². The normalized spacial score (nSPS) is 14.5. The van der Waals surface area contributed by atoms with Gasteiger partial charge in [-0.1, -0.05) is 53.2 Å². The minimum absolute atomic E-state index is 0.0428. The van der Waals surface area contributed by atoms with Crippen LogP contribution in [0.25, 0.3) is 22.0 Å². The molecule has 0 saturated carbocycles. The number of hydrogen-bond acceptors (Lipinski definition) is 7. The van der Waals surface area contributed by atoms with Gasteiger partial charge >= 0.3 is 0 Å². The number of halogens is 1. The molecule has 1 aliphatic rings. The Balaban J connectivity index is 1.18. The lowest BCUT2D eigenvalue weighted by atomic mass is 10.1. The first-order valence-electron chi connectivity index (χ1n) is 10.7. The largest absolute Gasteiger partial charge is 0.338 e. The van der Waals surface area contributed by atoms with Gasteiger partial charge < -0.3 is 9.42 Å². The van der Waals surface area contributed by atoms with Crippen molar-refractivity contribution in [1.82, 2.24) is 24.9 Å². The Morgan fingerprint density at radius 2 is 1.91 bits per heavy atom. The van der Waals surface area contributed by atoms with E-state index >= 15 is 0 Å². The van der Waals surface area contributed by atoms with E-state index in [1.54, 1.807) is 0 Å². The number of thiazole rings is 1. The molecule has 0 N–H and O–H groups in total. The van der Waals surface area contributed by atoms with E-state index in [9.17, 15) is 4.79 Å². The highest BCUT2D eigenvalue weighted by Crippen LogP contribution is 2.27. The van der Waals surface area contributed by atoms with E-state index in [-0.39, 0.29) is 5.91 Å². The Morgan fingerprint density at radius 3 is 2.70 bits per heavy atom. The van der Waals surface area contributed by atoms with Gasteiger partial charge in [-0.3, -0.25) is 9.69 Å². The van der Waals surface area contributed by atoms with Crippen molar-refractivity contribution in [3.05, 3.63) is 76.1 Å².